The number of carbonyl (C=O) groups is 1. The highest BCUT2D eigenvalue weighted by Gasteiger charge is 2.54. The summed E-state index contributed by atoms with van der Waals surface area (Å²) in [6.07, 6.45) is -0.767. The zero-order valence-corrected chi connectivity index (χ0v) is 13.9. The molecule has 0 aromatic carbocycles. The molecule has 23 heavy (non-hydrogen) atoms. The number of aliphatic hydroxyl groups is 1. The highest BCUT2D eigenvalue weighted by Crippen LogP contribution is 2.40. The number of halogens is 3. The van der Waals surface area contributed by atoms with E-state index in [9.17, 15) is 23.1 Å². The number of alkyl halides is 3. The van der Waals surface area contributed by atoms with E-state index < -0.39 is 24.6 Å². The fourth-order valence-corrected chi connectivity index (χ4v) is 3.63. The molecule has 0 bridgehead atoms. The summed E-state index contributed by atoms with van der Waals surface area (Å²) >= 11 is 0. The quantitative estimate of drug-likeness (QED) is 0.831. The number of urea groups is 1. The summed E-state index contributed by atoms with van der Waals surface area (Å²) in [6.45, 7) is 4.62. The minimum atomic E-state index is -4.64. The summed E-state index contributed by atoms with van der Waals surface area (Å²) in [7, 11) is 0. The molecule has 0 atom stereocenters. The van der Waals surface area contributed by atoms with Gasteiger partial charge in [-0.05, 0) is 24.2 Å². The van der Waals surface area contributed by atoms with Crippen LogP contribution in [-0.4, -0.2) is 47.4 Å². The fourth-order valence-electron chi connectivity index (χ4n) is 3.63. The van der Waals surface area contributed by atoms with Crippen molar-refractivity contribution < 1.29 is 23.1 Å². The molecule has 1 saturated heterocycles. The highest BCUT2D eigenvalue weighted by atomic mass is 19.4. The molecule has 2 aliphatic rings. The van der Waals surface area contributed by atoms with Gasteiger partial charge in [0.1, 0.15) is 0 Å². The molecular formula is C16H27F3N2O2. The van der Waals surface area contributed by atoms with E-state index in [-0.39, 0.29) is 24.5 Å². The molecule has 7 heteroatoms. The maximum Gasteiger partial charge on any atom is 0.417 e. The van der Waals surface area contributed by atoms with E-state index in [1.807, 2.05) is 0 Å². The Labute approximate surface area is 135 Å². The summed E-state index contributed by atoms with van der Waals surface area (Å²) in [5, 5.41) is 12.5. The lowest BCUT2D eigenvalue weighted by molar-refractivity contribution is -0.271. The molecule has 0 aromatic rings. The summed E-state index contributed by atoms with van der Waals surface area (Å²) < 4.78 is 38.3. The van der Waals surface area contributed by atoms with Crippen LogP contribution >= 0.6 is 0 Å². The highest BCUT2D eigenvalue weighted by molar-refractivity contribution is 5.74. The van der Waals surface area contributed by atoms with Crippen LogP contribution in [0.15, 0.2) is 0 Å². The van der Waals surface area contributed by atoms with Crippen molar-refractivity contribution in [2.24, 2.45) is 11.3 Å². The van der Waals surface area contributed by atoms with Gasteiger partial charge in [-0.25, -0.2) is 4.79 Å². The average Bonchev–Trinajstić information content (AvgIpc) is 2.99. The largest absolute Gasteiger partial charge is 0.417 e. The third-order valence-corrected chi connectivity index (χ3v) is 5.56. The van der Waals surface area contributed by atoms with Gasteiger partial charge in [0.2, 0.25) is 0 Å². The fraction of sp³-hybridized carbons (Fsp3) is 0.938. The molecular weight excluding hydrogens is 309 g/mol. The lowest BCUT2D eigenvalue weighted by Gasteiger charge is -2.39. The molecule has 0 unspecified atom stereocenters. The predicted octanol–water partition coefficient (Wildman–Crippen LogP) is 3.30. The lowest BCUT2D eigenvalue weighted by Crippen LogP contribution is -2.56. The lowest BCUT2D eigenvalue weighted by atomic mass is 9.78. The average molecular weight is 336 g/mol. The van der Waals surface area contributed by atoms with Gasteiger partial charge in [-0.1, -0.05) is 26.7 Å². The van der Waals surface area contributed by atoms with Gasteiger partial charge in [0.15, 0.2) is 5.60 Å². The topological polar surface area (TPSA) is 52.6 Å². The van der Waals surface area contributed by atoms with Crippen molar-refractivity contribution in [1.29, 1.82) is 0 Å². The van der Waals surface area contributed by atoms with Crippen LogP contribution in [0.2, 0.25) is 0 Å². The third-order valence-electron chi connectivity index (χ3n) is 5.56. The molecule has 0 spiro atoms. The second-order valence-corrected chi connectivity index (χ2v) is 7.65. The van der Waals surface area contributed by atoms with Crippen LogP contribution in [0.25, 0.3) is 0 Å². The number of hydrogen-bond acceptors (Lipinski definition) is 2. The van der Waals surface area contributed by atoms with Crippen LogP contribution in [0, 0.1) is 11.3 Å². The Morgan fingerprint density at radius 3 is 2.22 bits per heavy atom. The molecule has 1 aliphatic heterocycles. The second kappa shape index (κ2) is 6.49. The van der Waals surface area contributed by atoms with Crippen molar-refractivity contribution in [3.63, 3.8) is 0 Å². The van der Waals surface area contributed by atoms with Crippen LogP contribution in [0.5, 0.6) is 0 Å². The summed E-state index contributed by atoms with van der Waals surface area (Å²) in [4.78, 5) is 13.5. The van der Waals surface area contributed by atoms with E-state index in [0.29, 0.717) is 12.5 Å². The van der Waals surface area contributed by atoms with E-state index >= 15 is 0 Å². The Morgan fingerprint density at radius 1 is 1.22 bits per heavy atom. The standard InChI is InChI=1S/C16H27F3N2O2/c1-14(2,12-5-3-4-6-12)11-20-13(22)21-9-7-15(23,8-10-21)16(17,18)19/h12,23H,3-11H2,1-2H3,(H,20,22). The van der Waals surface area contributed by atoms with E-state index in [1.165, 1.54) is 30.6 Å². The van der Waals surface area contributed by atoms with Crippen LogP contribution in [-0.2, 0) is 0 Å². The molecule has 0 aromatic heterocycles. The van der Waals surface area contributed by atoms with Gasteiger partial charge < -0.3 is 15.3 Å². The number of rotatable bonds is 3. The maximum absolute atomic E-state index is 12.8. The van der Waals surface area contributed by atoms with Crippen molar-refractivity contribution in [3.05, 3.63) is 0 Å². The van der Waals surface area contributed by atoms with Crippen molar-refractivity contribution in [2.45, 2.75) is 64.1 Å². The molecule has 1 heterocycles. The minimum absolute atomic E-state index is 0.00530. The van der Waals surface area contributed by atoms with Crippen molar-refractivity contribution in [3.8, 4) is 0 Å². The first-order valence-corrected chi connectivity index (χ1v) is 8.37. The van der Waals surface area contributed by atoms with Gasteiger partial charge in [-0.3, -0.25) is 0 Å². The van der Waals surface area contributed by atoms with E-state index in [0.717, 1.165) is 0 Å². The number of carbonyl (C=O) groups excluding carboxylic acids is 1. The van der Waals surface area contributed by atoms with Gasteiger partial charge in [-0.15, -0.1) is 0 Å². The Kier molecular flexibility index (Phi) is 5.18. The monoisotopic (exact) mass is 336 g/mol. The summed E-state index contributed by atoms with van der Waals surface area (Å²) in [5.74, 6) is 0.583. The molecule has 4 nitrogen and oxygen atoms in total. The van der Waals surface area contributed by atoms with Gasteiger partial charge >= 0.3 is 12.2 Å². The Hall–Kier alpha value is -0.980. The number of hydrogen-bond donors (Lipinski definition) is 2. The second-order valence-electron chi connectivity index (χ2n) is 7.65. The van der Waals surface area contributed by atoms with E-state index in [4.69, 9.17) is 0 Å². The minimum Gasteiger partial charge on any atom is -0.380 e. The summed E-state index contributed by atoms with van der Waals surface area (Å²) in [5.41, 5.74) is -2.67. The molecule has 1 aliphatic carbocycles. The van der Waals surface area contributed by atoms with Crippen LogP contribution in [0.4, 0.5) is 18.0 Å². The smallest absolute Gasteiger partial charge is 0.380 e. The number of likely N-dealkylation sites (tertiary alicyclic amines) is 1. The van der Waals surface area contributed by atoms with Crippen LogP contribution in [0.3, 0.4) is 0 Å². The zero-order valence-electron chi connectivity index (χ0n) is 13.9. The Bertz CT molecular complexity index is 424. The number of piperidine rings is 1. The molecule has 2 amide bonds. The molecule has 2 N–H and O–H groups in total. The van der Waals surface area contributed by atoms with Gasteiger partial charge in [0.25, 0.3) is 0 Å². The van der Waals surface area contributed by atoms with Crippen molar-refractivity contribution >= 4 is 6.03 Å². The molecule has 2 rings (SSSR count). The maximum atomic E-state index is 12.8. The Morgan fingerprint density at radius 2 is 1.74 bits per heavy atom. The first-order chi connectivity index (χ1) is 10.6. The Balaban J connectivity index is 1.81. The van der Waals surface area contributed by atoms with Gasteiger partial charge in [-0.2, -0.15) is 13.2 Å². The van der Waals surface area contributed by atoms with Crippen LogP contribution in [0.1, 0.15) is 52.4 Å². The summed E-state index contributed by atoms with van der Waals surface area (Å²) in [6, 6.07) is -0.333. The first-order valence-electron chi connectivity index (χ1n) is 8.37. The zero-order chi connectivity index (χ0) is 17.3. The van der Waals surface area contributed by atoms with E-state index in [2.05, 4.69) is 19.2 Å². The van der Waals surface area contributed by atoms with Gasteiger partial charge in [0.05, 0.1) is 0 Å². The van der Waals surface area contributed by atoms with Crippen molar-refractivity contribution in [2.75, 3.05) is 19.6 Å². The van der Waals surface area contributed by atoms with Crippen LogP contribution < -0.4 is 5.32 Å². The van der Waals surface area contributed by atoms with E-state index in [1.54, 1.807) is 0 Å². The number of amides is 2. The molecule has 0 radical (unpaired) electrons. The van der Waals surface area contributed by atoms with Gasteiger partial charge in [0, 0.05) is 32.5 Å². The molecule has 2 fully saturated rings. The molecule has 1 saturated carbocycles. The first kappa shape index (κ1) is 18.4. The number of nitrogens with one attached hydrogen (secondary N) is 1. The predicted molar refractivity (Wildman–Crippen MR) is 80.9 cm³/mol. The number of nitrogens with zero attached hydrogens (tertiary/aromatic N) is 1. The molecule has 134 valence electrons. The normalized spacial score (nSPS) is 23.1. The van der Waals surface area contributed by atoms with Crippen molar-refractivity contribution in [1.82, 2.24) is 10.2 Å². The third kappa shape index (κ3) is 4.11. The SMILES string of the molecule is CC(C)(CNC(=O)N1CCC(O)(C(F)(F)F)CC1)C1CCCC1.